The Morgan fingerprint density at radius 3 is 2.53 bits per heavy atom. The first kappa shape index (κ1) is 14.1. The van der Waals surface area contributed by atoms with Crippen LogP contribution in [0.3, 0.4) is 0 Å². The minimum Gasteiger partial charge on any atom is -0.481 e. The fourth-order valence-electron chi connectivity index (χ4n) is 1.50. The maximum Gasteiger partial charge on any atom is 0.303 e. The van der Waals surface area contributed by atoms with E-state index >= 15 is 0 Å². The van der Waals surface area contributed by atoms with Gasteiger partial charge in [-0.1, -0.05) is 30.3 Å². The van der Waals surface area contributed by atoms with Gasteiger partial charge in [-0.2, -0.15) is 0 Å². The average Bonchev–Trinajstić information content (AvgIpc) is 2.29. The van der Waals surface area contributed by atoms with Gasteiger partial charge in [-0.3, -0.25) is 9.69 Å². The molecule has 0 aromatic heterocycles. The molecule has 0 aliphatic carbocycles. The SMILES string of the molecule is CN(C)C(CCC(=O)O)SCc1ccccc1. The van der Waals surface area contributed by atoms with E-state index in [0.717, 1.165) is 5.75 Å². The van der Waals surface area contributed by atoms with Crippen LogP contribution in [0, 0.1) is 0 Å². The fraction of sp³-hybridized carbons (Fsp3) is 0.462. The van der Waals surface area contributed by atoms with Crippen molar-refractivity contribution in [3.8, 4) is 0 Å². The van der Waals surface area contributed by atoms with Crippen LogP contribution in [-0.2, 0) is 10.5 Å². The van der Waals surface area contributed by atoms with Crippen molar-refractivity contribution in [2.75, 3.05) is 14.1 Å². The van der Waals surface area contributed by atoms with Gasteiger partial charge in [0.05, 0.1) is 5.37 Å². The number of thioether (sulfide) groups is 1. The van der Waals surface area contributed by atoms with Gasteiger partial charge >= 0.3 is 5.97 Å². The van der Waals surface area contributed by atoms with Crippen molar-refractivity contribution in [3.05, 3.63) is 35.9 Å². The van der Waals surface area contributed by atoms with Gasteiger partial charge in [-0.15, -0.1) is 11.8 Å². The van der Waals surface area contributed by atoms with Crippen LogP contribution in [-0.4, -0.2) is 35.4 Å². The number of rotatable bonds is 7. The number of carboxylic acids is 1. The second-order valence-corrected chi connectivity index (χ2v) is 5.31. The largest absolute Gasteiger partial charge is 0.481 e. The molecule has 0 radical (unpaired) electrons. The Morgan fingerprint density at radius 2 is 2.00 bits per heavy atom. The van der Waals surface area contributed by atoms with Gasteiger partial charge in [-0.05, 0) is 26.1 Å². The van der Waals surface area contributed by atoms with Gasteiger partial charge in [-0.25, -0.2) is 0 Å². The molecule has 0 aliphatic heterocycles. The summed E-state index contributed by atoms with van der Waals surface area (Å²) in [5.74, 6) is 0.195. The zero-order valence-corrected chi connectivity index (χ0v) is 11.1. The van der Waals surface area contributed by atoms with Crippen molar-refractivity contribution >= 4 is 17.7 Å². The normalized spacial score (nSPS) is 12.6. The fourth-order valence-corrected chi connectivity index (χ4v) is 2.66. The van der Waals surface area contributed by atoms with Gasteiger partial charge in [0.25, 0.3) is 0 Å². The molecule has 0 spiro atoms. The smallest absolute Gasteiger partial charge is 0.303 e. The number of hydrogen-bond donors (Lipinski definition) is 1. The summed E-state index contributed by atoms with van der Waals surface area (Å²) in [5.41, 5.74) is 1.28. The third-order valence-corrected chi connectivity index (χ3v) is 4.01. The van der Waals surface area contributed by atoms with Gasteiger partial charge in [0, 0.05) is 12.2 Å². The van der Waals surface area contributed by atoms with Crippen LogP contribution in [0.1, 0.15) is 18.4 Å². The Labute approximate surface area is 107 Å². The molecule has 1 aromatic rings. The van der Waals surface area contributed by atoms with Crippen molar-refractivity contribution in [2.45, 2.75) is 24.0 Å². The van der Waals surface area contributed by atoms with Gasteiger partial charge in [0.2, 0.25) is 0 Å². The summed E-state index contributed by atoms with van der Waals surface area (Å²) >= 11 is 1.79. The Morgan fingerprint density at radius 1 is 1.35 bits per heavy atom. The molecule has 1 aromatic carbocycles. The highest BCUT2D eigenvalue weighted by molar-refractivity contribution is 7.99. The molecular formula is C13H19NO2S. The molecule has 1 atom stereocenters. The summed E-state index contributed by atoms with van der Waals surface area (Å²) in [7, 11) is 3.98. The van der Waals surface area contributed by atoms with E-state index in [9.17, 15) is 4.79 Å². The summed E-state index contributed by atoms with van der Waals surface area (Å²) in [6.07, 6.45) is 0.907. The number of nitrogens with zero attached hydrogens (tertiary/aromatic N) is 1. The lowest BCUT2D eigenvalue weighted by molar-refractivity contribution is -0.137. The lowest BCUT2D eigenvalue weighted by Crippen LogP contribution is -2.25. The number of benzene rings is 1. The quantitative estimate of drug-likeness (QED) is 0.758. The molecule has 0 saturated heterocycles. The minimum atomic E-state index is -0.725. The predicted octanol–water partition coefficient (Wildman–Crippen LogP) is 2.67. The van der Waals surface area contributed by atoms with E-state index in [1.54, 1.807) is 11.8 Å². The van der Waals surface area contributed by atoms with E-state index in [4.69, 9.17) is 5.11 Å². The Hall–Kier alpha value is -1.00. The molecule has 94 valence electrons. The summed E-state index contributed by atoms with van der Waals surface area (Å²) in [5, 5.41) is 8.96. The molecule has 17 heavy (non-hydrogen) atoms. The third kappa shape index (κ3) is 5.75. The maximum atomic E-state index is 10.6. The van der Waals surface area contributed by atoms with E-state index in [-0.39, 0.29) is 11.8 Å². The summed E-state index contributed by atoms with van der Waals surface area (Å²) in [6.45, 7) is 0. The Kier molecular flexibility index (Phi) is 6.08. The van der Waals surface area contributed by atoms with Crippen molar-refractivity contribution in [1.82, 2.24) is 4.90 Å². The van der Waals surface area contributed by atoms with Crippen LogP contribution in [0.2, 0.25) is 0 Å². The maximum absolute atomic E-state index is 10.6. The molecule has 3 nitrogen and oxygen atoms in total. The van der Waals surface area contributed by atoms with E-state index < -0.39 is 5.97 Å². The summed E-state index contributed by atoms with van der Waals surface area (Å²) in [4.78, 5) is 12.7. The molecule has 4 heteroatoms. The Bertz CT molecular complexity index is 341. The number of carbonyl (C=O) groups is 1. The lowest BCUT2D eigenvalue weighted by Gasteiger charge is -2.23. The molecule has 0 heterocycles. The summed E-state index contributed by atoms with van der Waals surface area (Å²) < 4.78 is 0. The van der Waals surface area contributed by atoms with Crippen molar-refractivity contribution in [2.24, 2.45) is 0 Å². The molecule has 1 N–H and O–H groups in total. The first-order chi connectivity index (χ1) is 8.09. The monoisotopic (exact) mass is 253 g/mol. The molecule has 0 bridgehead atoms. The third-order valence-electron chi connectivity index (χ3n) is 2.47. The van der Waals surface area contributed by atoms with Crippen LogP contribution in [0.4, 0.5) is 0 Å². The van der Waals surface area contributed by atoms with E-state index in [0.29, 0.717) is 6.42 Å². The van der Waals surface area contributed by atoms with Crippen LogP contribution >= 0.6 is 11.8 Å². The highest BCUT2D eigenvalue weighted by atomic mass is 32.2. The zero-order chi connectivity index (χ0) is 12.7. The minimum absolute atomic E-state index is 0.227. The van der Waals surface area contributed by atoms with Crippen molar-refractivity contribution in [1.29, 1.82) is 0 Å². The second kappa shape index (κ2) is 7.35. The number of aliphatic carboxylic acids is 1. The van der Waals surface area contributed by atoms with Gasteiger partial charge in [0.1, 0.15) is 0 Å². The van der Waals surface area contributed by atoms with Crippen LogP contribution in [0.5, 0.6) is 0 Å². The highest BCUT2D eigenvalue weighted by Gasteiger charge is 2.13. The standard InChI is InChI=1S/C13H19NO2S/c1-14(2)12(8-9-13(15)16)17-10-11-6-4-3-5-7-11/h3-7,12H,8-10H2,1-2H3,(H,15,16). The summed E-state index contributed by atoms with van der Waals surface area (Å²) in [6, 6.07) is 10.2. The lowest BCUT2D eigenvalue weighted by atomic mass is 10.2. The Balaban J connectivity index is 2.42. The molecule has 1 rings (SSSR count). The van der Waals surface area contributed by atoms with Crippen LogP contribution in [0.15, 0.2) is 30.3 Å². The van der Waals surface area contributed by atoms with Gasteiger partial charge < -0.3 is 5.11 Å². The van der Waals surface area contributed by atoms with E-state index in [1.165, 1.54) is 5.56 Å². The predicted molar refractivity (Wildman–Crippen MR) is 72.1 cm³/mol. The van der Waals surface area contributed by atoms with Crippen LogP contribution in [0.25, 0.3) is 0 Å². The molecule has 0 amide bonds. The molecule has 0 fully saturated rings. The molecular weight excluding hydrogens is 234 g/mol. The van der Waals surface area contributed by atoms with Crippen molar-refractivity contribution < 1.29 is 9.90 Å². The molecule has 0 aliphatic rings. The van der Waals surface area contributed by atoms with E-state index in [2.05, 4.69) is 17.0 Å². The molecule has 1 unspecified atom stereocenters. The highest BCUT2D eigenvalue weighted by Crippen LogP contribution is 2.22. The number of hydrogen-bond acceptors (Lipinski definition) is 3. The van der Waals surface area contributed by atoms with Gasteiger partial charge in [0.15, 0.2) is 0 Å². The molecule has 0 saturated carbocycles. The topological polar surface area (TPSA) is 40.5 Å². The first-order valence-corrected chi connectivity index (χ1v) is 6.68. The number of carboxylic acid groups (broad SMARTS) is 1. The second-order valence-electron chi connectivity index (χ2n) is 4.15. The average molecular weight is 253 g/mol. The van der Waals surface area contributed by atoms with Crippen molar-refractivity contribution in [3.63, 3.8) is 0 Å². The van der Waals surface area contributed by atoms with Crippen LogP contribution < -0.4 is 0 Å². The zero-order valence-electron chi connectivity index (χ0n) is 10.3. The first-order valence-electron chi connectivity index (χ1n) is 5.63. The van der Waals surface area contributed by atoms with E-state index in [1.807, 2.05) is 32.3 Å².